The summed E-state index contributed by atoms with van der Waals surface area (Å²) in [5.74, 6) is -1.97. The third-order valence-electron chi connectivity index (χ3n) is 3.63. The number of nitro benzene ring substituents is 1. The summed E-state index contributed by atoms with van der Waals surface area (Å²) in [6.45, 7) is 0. The highest BCUT2D eigenvalue weighted by molar-refractivity contribution is 5.76. The largest absolute Gasteiger partial charge is 0.481 e. The summed E-state index contributed by atoms with van der Waals surface area (Å²) in [6, 6.07) is 14.4. The number of non-ortho nitro benzene ring substituents is 1. The van der Waals surface area contributed by atoms with Crippen molar-refractivity contribution in [2.24, 2.45) is 5.92 Å². The molecule has 0 unspecified atom stereocenters. The van der Waals surface area contributed by atoms with Gasteiger partial charge in [-0.15, -0.1) is 0 Å². The molecule has 2 aromatic rings. The summed E-state index contributed by atoms with van der Waals surface area (Å²) in [6.07, 6.45) is 0.364. The number of esters is 1. The molecule has 0 radical (unpaired) electrons. The van der Waals surface area contributed by atoms with E-state index in [4.69, 9.17) is 9.84 Å². The molecule has 0 aliphatic heterocycles. The molecule has 1 N–H and O–H groups in total. The first-order chi connectivity index (χ1) is 12.0. The molecule has 2 rings (SSSR count). The van der Waals surface area contributed by atoms with E-state index < -0.39 is 22.8 Å². The van der Waals surface area contributed by atoms with E-state index in [0.717, 1.165) is 5.56 Å². The first-order valence-corrected chi connectivity index (χ1v) is 7.67. The quantitative estimate of drug-likeness (QED) is 0.341. The summed E-state index contributed by atoms with van der Waals surface area (Å²) in [5, 5.41) is 19.5. The van der Waals surface area contributed by atoms with Gasteiger partial charge in [-0.3, -0.25) is 19.7 Å². The van der Waals surface area contributed by atoms with Crippen molar-refractivity contribution in [2.45, 2.75) is 19.3 Å². The summed E-state index contributed by atoms with van der Waals surface area (Å²) in [7, 11) is 0. The van der Waals surface area contributed by atoms with E-state index in [1.54, 1.807) is 0 Å². The molecule has 0 amide bonds. The molecule has 0 aliphatic rings. The fourth-order valence-electron chi connectivity index (χ4n) is 2.33. The van der Waals surface area contributed by atoms with Crippen molar-refractivity contribution in [3.8, 4) is 5.75 Å². The van der Waals surface area contributed by atoms with E-state index in [0.29, 0.717) is 6.42 Å². The molecule has 1 atom stereocenters. The van der Waals surface area contributed by atoms with Crippen LogP contribution < -0.4 is 4.74 Å². The summed E-state index contributed by atoms with van der Waals surface area (Å²) in [4.78, 5) is 33.3. The second-order valence-electron chi connectivity index (χ2n) is 5.49. The zero-order valence-corrected chi connectivity index (χ0v) is 13.3. The van der Waals surface area contributed by atoms with Crippen LogP contribution in [0.15, 0.2) is 54.6 Å². The highest BCUT2D eigenvalue weighted by Crippen LogP contribution is 2.21. The zero-order chi connectivity index (χ0) is 18.2. The lowest BCUT2D eigenvalue weighted by Crippen LogP contribution is -2.23. The van der Waals surface area contributed by atoms with Gasteiger partial charge in [0.1, 0.15) is 5.75 Å². The molecule has 0 bridgehead atoms. The second kappa shape index (κ2) is 8.58. The van der Waals surface area contributed by atoms with Gasteiger partial charge < -0.3 is 9.84 Å². The van der Waals surface area contributed by atoms with Crippen molar-refractivity contribution in [3.05, 3.63) is 70.3 Å². The highest BCUT2D eigenvalue weighted by atomic mass is 16.6. The molecule has 130 valence electrons. The number of rotatable bonds is 8. The lowest BCUT2D eigenvalue weighted by atomic mass is 9.95. The number of carbonyl (C=O) groups excluding carboxylic acids is 1. The van der Waals surface area contributed by atoms with Crippen LogP contribution in [0.5, 0.6) is 5.75 Å². The minimum Gasteiger partial charge on any atom is -0.481 e. The number of aliphatic carboxylic acids is 1. The van der Waals surface area contributed by atoms with Gasteiger partial charge >= 0.3 is 11.9 Å². The third-order valence-corrected chi connectivity index (χ3v) is 3.63. The van der Waals surface area contributed by atoms with Gasteiger partial charge in [0.2, 0.25) is 0 Å². The molecular weight excluding hydrogens is 326 g/mol. The summed E-state index contributed by atoms with van der Waals surface area (Å²) < 4.78 is 5.26. The fourth-order valence-corrected chi connectivity index (χ4v) is 2.33. The highest BCUT2D eigenvalue weighted by Gasteiger charge is 2.22. The van der Waals surface area contributed by atoms with Gasteiger partial charge in [0, 0.05) is 18.6 Å². The Bertz CT molecular complexity index is 742. The lowest BCUT2D eigenvalue weighted by molar-refractivity contribution is -0.384. The predicted molar refractivity (Wildman–Crippen MR) is 89.2 cm³/mol. The van der Waals surface area contributed by atoms with Crippen molar-refractivity contribution >= 4 is 17.6 Å². The topological polar surface area (TPSA) is 107 Å². The Balaban J connectivity index is 2.07. The van der Waals surface area contributed by atoms with E-state index in [1.807, 2.05) is 30.3 Å². The molecule has 0 heterocycles. The number of hydrogen-bond donors (Lipinski definition) is 1. The fraction of sp³-hybridized carbons (Fsp3) is 0.222. The normalized spacial score (nSPS) is 11.5. The molecule has 0 saturated carbocycles. The van der Waals surface area contributed by atoms with Crippen LogP contribution in [-0.2, 0) is 16.0 Å². The summed E-state index contributed by atoms with van der Waals surface area (Å²) in [5.41, 5.74) is 0.796. The number of benzene rings is 2. The predicted octanol–water partition coefficient (Wildman–Crippen LogP) is 3.22. The van der Waals surface area contributed by atoms with Crippen LogP contribution in [0.3, 0.4) is 0 Å². The van der Waals surface area contributed by atoms with Gasteiger partial charge in [-0.05, 0) is 30.5 Å². The molecule has 7 heteroatoms. The average Bonchev–Trinajstić information content (AvgIpc) is 2.59. The maximum Gasteiger partial charge on any atom is 0.314 e. The molecule has 0 aliphatic carbocycles. The van der Waals surface area contributed by atoms with Crippen LogP contribution >= 0.6 is 0 Å². The molecular formula is C18H17NO6. The minimum absolute atomic E-state index is 0.105. The van der Waals surface area contributed by atoms with Gasteiger partial charge in [-0.2, -0.15) is 0 Å². The van der Waals surface area contributed by atoms with Crippen LogP contribution in [0.4, 0.5) is 5.69 Å². The van der Waals surface area contributed by atoms with Gasteiger partial charge in [-0.25, -0.2) is 0 Å². The number of nitrogens with zero attached hydrogens (tertiary/aromatic N) is 1. The molecule has 0 saturated heterocycles. The van der Waals surface area contributed by atoms with Crippen LogP contribution in [0, 0.1) is 16.0 Å². The number of carbonyl (C=O) groups is 2. The number of ether oxygens (including phenoxy) is 1. The van der Waals surface area contributed by atoms with Gasteiger partial charge in [0.05, 0.1) is 10.8 Å². The Hall–Kier alpha value is -3.22. The van der Waals surface area contributed by atoms with Crippen molar-refractivity contribution < 1.29 is 24.4 Å². The number of carboxylic acid groups (broad SMARTS) is 1. The average molecular weight is 343 g/mol. The number of carboxylic acids is 1. The third kappa shape index (κ3) is 5.72. The second-order valence-corrected chi connectivity index (χ2v) is 5.49. The Kier molecular flexibility index (Phi) is 6.22. The maximum atomic E-state index is 12.4. The van der Waals surface area contributed by atoms with Gasteiger partial charge in [0.25, 0.3) is 5.69 Å². The lowest BCUT2D eigenvalue weighted by Gasteiger charge is -2.15. The van der Waals surface area contributed by atoms with E-state index in [2.05, 4.69) is 0 Å². The van der Waals surface area contributed by atoms with E-state index >= 15 is 0 Å². The van der Waals surface area contributed by atoms with Crippen molar-refractivity contribution in [1.29, 1.82) is 0 Å². The van der Waals surface area contributed by atoms with Gasteiger partial charge in [-0.1, -0.05) is 30.3 Å². The van der Waals surface area contributed by atoms with Crippen LogP contribution in [0.25, 0.3) is 0 Å². The van der Waals surface area contributed by atoms with Gasteiger partial charge in [0.15, 0.2) is 0 Å². The minimum atomic E-state index is -0.985. The SMILES string of the molecule is O=C(O)CC[C@H](Cc1ccccc1)C(=O)Oc1ccc([N+](=O)[O-])cc1. The molecule has 7 nitrogen and oxygen atoms in total. The Morgan fingerprint density at radius 1 is 1.08 bits per heavy atom. The monoisotopic (exact) mass is 343 g/mol. The van der Waals surface area contributed by atoms with Crippen molar-refractivity contribution in [3.63, 3.8) is 0 Å². The maximum absolute atomic E-state index is 12.4. The Labute approximate surface area is 144 Å². The Morgan fingerprint density at radius 3 is 2.28 bits per heavy atom. The molecule has 0 aromatic heterocycles. The molecule has 25 heavy (non-hydrogen) atoms. The van der Waals surface area contributed by atoms with E-state index in [9.17, 15) is 19.7 Å². The zero-order valence-electron chi connectivity index (χ0n) is 13.3. The van der Waals surface area contributed by atoms with Crippen molar-refractivity contribution in [2.75, 3.05) is 0 Å². The standard InChI is InChI=1S/C18H17NO6/c20-17(21)11-6-14(12-13-4-2-1-3-5-13)18(22)25-16-9-7-15(8-10-16)19(23)24/h1-5,7-10,14H,6,11-12H2,(H,20,21)/t14-/m1/s1. The molecule has 0 fully saturated rings. The van der Waals surface area contributed by atoms with Crippen molar-refractivity contribution in [1.82, 2.24) is 0 Å². The van der Waals surface area contributed by atoms with E-state index in [-0.39, 0.29) is 24.3 Å². The van der Waals surface area contributed by atoms with Crippen LogP contribution in [0.1, 0.15) is 18.4 Å². The first-order valence-electron chi connectivity index (χ1n) is 7.67. The first kappa shape index (κ1) is 18.1. The van der Waals surface area contributed by atoms with Crippen LogP contribution in [0.2, 0.25) is 0 Å². The van der Waals surface area contributed by atoms with E-state index in [1.165, 1.54) is 24.3 Å². The molecule has 0 spiro atoms. The number of nitro groups is 1. The summed E-state index contributed by atoms with van der Waals surface area (Å²) >= 11 is 0. The molecule has 2 aromatic carbocycles. The van der Waals surface area contributed by atoms with Crippen LogP contribution in [-0.4, -0.2) is 22.0 Å². The number of hydrogen-bond acceptors (Lipinski definition) is 5. The smallest absolute Gasteiger partial charge is 0.314 e. The Morgan fingerprint density at radius 2 is 1.72 bits per heavy atom.